The fraction of sp³-hybridized carbons (Fsp3) is 0.222. The summed E-state index contributed by atoms with van der Waals surface area (Å²) in [7, 11) is 4.12. The number of nitrogens with zero attached hydrogens (tertiary/aromatic N) is 2. The molecule has 0 atom stereocenters. The summed E-state index contributed by atoms with van der Waals surface area (Å²) in [6.07, 6.45) is 3.07. The molecule has 0 saturated carbocycles. The molecule has 0 fully saturated rings. The molecule has 0 aliphatic heterocycles. The summed E-state index contributed by atoms with van der Waals surface area (Å²) in [6.45, 7) is 0.967. The number of rotatable bonds is 4. The average molecular weight is 317 g/mol. The van der Waals surface area contributed by atoms with Crippen molar-refractivity contribution in [3.05, 3.63) is 65.1 Å². The fourth-order valence-electron chi connectivity index (χ4n) is 2.63. The first kappa shape index (κ1) is 15.1. The monoisotopic (exact) mass is 316 g/mol. The Kier molecular flexibility index (Phi) is 4.19. The molecule has 2 aromatic carbocycles. The van der Waals surface area contributed by atoms with Crippen molar-refractivity contribution in [3.63, 3.8) is 0 Å². The second-order valence-corrected chi connectivity index (χ2v) is 6.15. The molecule has 3 rings (SSSR count). The lowest BCUT2D eigenvalue weighted by atomic mass is 10.1. The predicted octanol–water partition coefficient (Wildman–Crippen LogP) is 4.53. The van der Waals surface area contributed by atoms with Crippen molar-refractivity contribution in [1.82, 2.24) is 9.47 Å². The Morgan fingerprint density at radius 1 is 1.09 bits per heavy atom. The molecule has 0 unspecified atom stereocenters. The van der Waals surface area contributed by atoms with Crippen molar-refractivity contribution in [3.8, 4) is 5.69 Å². The van der Waals surface area contributed by atoms with Gasteiger partial charge in [-0.3, -0.25) is 0 Å². The van der Waals surface area contributed by atoms with E-state index < -0.39 is 0 Å². The Bertz CT molecular complexity index is 791. The van der Waals surface area contributed by atoms with Gasteiger partial charge in [0.05, 0.1) is 5.52 Å². The van der Waals surface area contributed by atoms with Crippen LogP contribution in [0.4, 0.5) is 4.39 Å². The molecule has 0 amide bonds. The Labute approximate surface area is 134 Å². The van der Waals surface area contributed by atoms with Crippen molar-refractivity contribution < 1.29 is 4.39 Å². The van der Waals surface area contributed by atoms with E-state index in [1.807, 2.05) is 18.2 Å². The Balaban J connectivity index is 2.12. The van der Waals surface area contributed by atoms with Gasteiger partial charge in [0.15, 0.2) is 0 Å². The van der Waals surface area contributed by atoms with E-state index in [2.05, 4.69) is 29.8 Å². The largest absolute Gasteiger partial charge is 0.316 e. The van der Waals surface area contributed by atoms with Crippen molar-refractivity contribution in [1.29, 1.82) is 0 Å². The zero-order valence-corrected chi connectivity index (χ0v) is 13.4. The van der Waals surface area contributed by atoms with Crippen LogP contribution in [-0.4, -0.2) is 30.1 Å². The summed E-state index contributed by atoms with van der Waals surface area (Å²) in [5.74, 6) is -0.226. The molecule has 0 aliphatic rings. The van der Waals surface area contributed by atoms with Gasteiger partial charge in [-0.15, -0.1) is 0 Å². The minimum Gasteiger partial charge on any atom is -0.316 e. The second kappa shape index (κ2) is 6.11. The molecule has 0 N–H and O–H groups in total. The highest BCUT2D eigenvalue weighted by molar-refractivity contribution is 6.31. The van der Waals surface area contributed by atoms with E-state index in [1.54, 1.807) is 12.1 Å². The van der Waals surface area contributed by atoms with Crippen LogP contribution in [0.25, 0.3) is 16.6 Å². The number of hydrogen-bond acceptors (Lipinski definition) is 1. The fourth-order valence-corrected chi connectivity index (χ4v) is 2.80. The molecule has 2 nitrogen and oxygen atoms in total. The third-order valence-corrected chi connectivity index (χ3v) is 4.02. The number of fused-ring (bicyclic) bond motifs is 1. The Hall–Kier alpha value is -1.84. The van der Waals surface area contributed by atoms with Crippen LogP contribution in [0.15, 0.2) is 48.7 Å². The molecular weight excluding hydrogens is 299 g/mol. The van der Waals surface area contributed by atoms with Gasteiger partial charge in [0, 0.05) is 28.8 Å². The molecule has 1 heterocycles. The molecule has 22 heavy (non-hydrogen) atoms. The maximum absolute atomic E-state index is 13.2. The van der Waals surface area contributed by atoms with Crippen LogP contribution < -0.4 is 0 Å². The van der Waals surface area contributed by atoms with E-state index in [-0.39, 0.29) is 5.82 Å². The van der Waals surface area contributed by atoms with Gasteiger partial charge in [-0.2, -0.15) is 0 Å². The highest BCUT2D eigenvalue weighted by atomic mass is 35.5. The number of benzene rings is 2. The summed E-state index contributed by atoms with van der Waals surface area (Å²) in [4.78, 5) is 2.16. The molecule has 0 aliphatic carbocycles. The predicted molar refractivity (Wildman–Crippen MR) is 90.5 cm³/mol. The number of aromatic nitrogens is 1. The lowest BCUT2D eigenvalue weighted by Crippen LogP contribution is -2.14. The topological polar surface area (TPSA) is 8.17 Å². The van der Waals surface area contributed by atoms with Crippen molar-refractivity contribution in [2.24, 2.45) is 0 Å². The normalized spacial score (nSPS) is 11.5. The first-order chi connectivity index (χ1) is 10.5. The van der Waals surface area contributed by atoms with Crippen LogP contribution in [0.5, 0.6) is 0 Å². The minimum atomic E-state index is -0.226. The minimum absolute atomic E-state index is 0.226. The standard InChI is InChI=1S/C18H18ClFN2/c1-21(2)10-9-13-12-22(16-6-4-15(20)5-7-16)18-8-3-14(19)11-17(13)18/h3-8,11-12H,9-10H2,1-2H3. The number of halogens is 2. The summed E-state index contributed by atoms with van der Waals surface area (Å²) in [5.41, 5.74) is 3.28. The Morgan fingerprint density at radius 3 is 2.50 bits per heavy atom. The van der Waals surface area contributed by atoms with E-state index in [0.717, 1.165) is 34.6 Å². The summed E-state index contributed by atoms with van der Waals surface area (Å²) < 4.78 is 15.2. The maximum atomic E-state index is 13.2. The highest BCUT2D eigenvalue weighted by Gasteiger charge is 2.11. The molecule has 4 heteroatoms. The third kappa shape index (κ3) is 3.01. The number of likely N-dealkylation sites (N-methyl/N-ethyl adjacent to an activating group) is 1. The van der Waals surface area contributed by atoms with Crippen molar-refractivity contribution in [2.75, 3.05) is 20.6 Å². The number of hydrogen-bond donors (Lipinski definition) is 0. The first-order valence-corrected chi connectivity index (χ1v) is 7.62. The second-order valence-electron chi connectivity index (χ2n) is 5.72. The smallest absolute Gasteiger partial charge is 0.123 e. The van der Waals surface area contributed by atoms with E-state index in [4.69, 9.17) is 11.6 Å². The highest BCUT2D eigenvalue weighted by Crippen LogP contribution is 2.28. The van der Waals surface area contributed by atoms with Gasteiger partial charge in [-0.25, -0.2) is 4.39 Å². The lowest BCUT2D eigenvalue weighted by Gasteiger charge is -2.08. The summed E-state index contributed by atoms with van der Waals surface area (Å²) in [6, 6.07) is 12.5. The van der Waals surface area contributed by atoms with Crippen LogP contribution in [0, 0.1) is 5.82 Å². The molecule has 114 valence electrons. The van der Waals surface area contributed by atoms with Crippen LogP contribution in [0.2, 0.25) is 5.02 Å². The molecule has 0 saturated heterocycles. The van der Waals surface area contributed by atoms with Gasteiger partial charge in [0.25, 0.3) is 0 Å². The summed E-state index contributed by atoms with van der Waals surface area (Å²) in [5, 5.41) is 1.88. The lowest BCUT2D eigenvalue weighted by molar-refractivity contribution is 0.414. The maximum Gasteiger partial charge on any atom is 0.123 e. The summed E-state index contributed by atoms with van der Waals surface area (Å²) >= 11 is 6.16. The van der Waals surface area contributed by atoms with Crippen LogP contribution in [0.1, 0.15) is 5.56 Å². The molecule has 0 radical (unpaired) electrons. The van der Waals surface area contributed by atoms with Crippen molar-refractivity contribution in [2.45, 2.75) is 6.42 Å². The molecule has 0 spiro atoms. The molecule has 0 bridgehead atoms. The van der Waals surface area contributed by atoms with Gasteiger partial charge in [-0.05, 0) is 68.5 Å². The first-order valence-electron chi connectivity index (χ1n) is 7.25. The zero-order chi connectivity index (χ0) is 15.7. The van der Waals surface area contributed by atoms with Gasteiger partial charge in [-0.1, -0.05) is 11.6 Å². The van der Waals surface area contributed by atoms with E-state index in [1.165, 1.54) is 17.7 Å². The molecule has 1 aromatic heterocycles. The zero-order valence-electron chi connectivity index (χ0n) is 12.7. The van der Waals surface area contributed by atoms with Crippen LogP contribution in [0.3, 0.4) is 0 Å². The average Bonchev–Trinajstić information content (AvgIpc) is 2.84. The van der Waals surface area contributed by atoms with E-state index in [9.17, 15) is 4.39 Å². The van der Waals surface area contributed by atoms with Crippen LogP contribution in [-0.2, 0) is 6.42 Å². The molecule has 3 aromatic rings. The van der Waals surface area contributed by atoms with Gasteiger partial charge in [0.1, 0.15) is 5.82 Å². The Morgan fingerprint density at radius 2 is 1.82 bits per heavy atom. The van der Waals surface area contributed by atoms with Gasteiger partial charge >= 0.3 is 0 Å². The SMILES string of the molecule is CN(C)CCc1cn(-c2ccc(F)cc2)c2ccc(Cl)cc12. The van der Waals surface area contributed by atoms with Gasteiger partial charge < -0.3 is 9.47 Å². The van der Waals surface area contributed by atoms with E-state index >= 15 is 0 Å². The molecular formula is C18H18ClFN2. The quantitative estimate of drug-likeness (QED) is 0.686. The van der Waals surface area contributed by atoms with E-state index in [0.29, 0.717) is 0 Å². The third-order valence-electron chi connectivity index (χ3n) is 3.78. The van der Waals surface area contributed by atoms with Crippen molar-refractivity contribution >= 4 is 22.5 Å². The van der Waals surface area contributed by atoms with Gasteiger partial charge in [0.2, 0.25) is 0 Å². The van der Waals surface area contributed by atoms with Crippen LogP contribution >= 0.6 is 11.6 Å².